The molecule has 0 saturated heterocycles. The number of hydrazone groups is 2. The second kappa shape index (κ2) is 10.5. The van der Waals surface area contributed by atoms with E-state index in [4.69, 9.17) is 13.3 Å². The van der Waals surface area contributed by atoms with Crippen LogP contribution in [0.4, 0.5) is 5.69 Å². The molecule has 152 valence electrons. The van der Waals surface area contributed by atoms with Gasteiger partial charge in [0, 0.05) is 39.6 Å². The minimum Gasteiger partial charge on any atom is -0.377 e. The van der Waals surface area contributed by atoms with Gasteiger partial charge < -0.3 is 23.9 Å². The molecule has 0 aliphatic carbocycles. The lowest BCUT2D eigenvalue weighted by molar-refractivity contribution is -0.115. The molecule has 0 spiro atoms. The molecule has 11 nitrogen and oxygen atoms in total. The zero-order valence-corrected chi connectivity index (χ0v) is 16.9. The Morgan fingerprint density at radius 2 is 1.54 bits per heavy atom. The molecule has 0 unspecified atom stereocenters. The Balaban J connectivity index is 1.75. The van der Waals surface area contributed by atoms with E-state index in [1.807, 2.05) is 6.07 Å². The van der Waals surface area contributed by atoms with Crippen molar-refractivity contribution in [2.75, 3.05) is 33.2 Å². The Bertz CT molecular complexity index is 730. The van der Waals surface area contributed by atoms with Crippen molar-refractivity contribution in [3.05, 3.63) is 30.3 Å². The van der Waals surface area contributed by atoms with Crippen molar-refractivity contribution in [3.63, 3.8) is 0 Å². The molecular formula is C16H24N6O5Si. The van der Waals surface area contributed by atoms with Crippen molar-refractivity contribution in [1.82, 2.24) is 16.2 Å². The van der Waals surface area contributed by atoms with Crippen LogP contribution in [0.2, 0.25) is 6.04 Å². The number of hydrogen-bond donors (Lipinski definition) is 4. The van der Waals surface area contributed by atoms with Gasteiger partial charge in [-0.2, -0.15) is 0 Å². The predicted octanol–water partition coefficient (Wildman–Crippen LogP) is -0.171. The van der Waals surface area contributed by atoms with Crippen LogP contribution in [0.15, 0.2) is 40.5 Å². The fourth-order valence-electron chi connectivity index (χ4n) is 2.33. The number of anilines is 1. The quantitative estimate of drug-likeness (QED) is 0.312. The van der Waals surface area contributed by atoms with E-state index < -0.39 is 20.6 Å². The standard InChI is InChI=1S/C16H24N6O5Si/c1-25-28(26-2,27-3)11-7-10-17-15(23)13-19-21-14(22-20-13)16(24)18-12-8-5-4-6-9-12/h4-6,8-9H,7,10-11H2,1-3H3,(H,17,23)(H,18,24)(H,19,20)(H,21,22). The summed E-state index contributed by atoms with van der Waals surface area (Å²) in [6.45, 7) is 0.370. The van der Waals surface area contributed by atoms with Gasteiger partial charge in [-0.05, 0) is 18.6 Å². The molecule has 0 aromatic heterocycles. The van der Waals surface area contributed by atoms with Crippen molar-refractivity contribution >= 4 is 38.0 Å². The topological polar surface area (TPSA) is 135 Å². The number of nitrogens with zero attached hydrogens (tertiary/aromatic N) is 2. The summed E-state index contributed by atoms with van der Waals surface area (Å²) in [6.07, 6.45) is 0.599. The van der Waals surface area contributed by atoms with E-state index >= 15 is 0 Å². The van der Waals surface area contributed by atoms with E-state index in [0.29, 0.717) is 24.7 Å². The van der Waals surface area contributed by atoms with Gasteiger partial charge in [-0.25, -0.2) is 0 Å². The van der Waals surface area contributed by atoms with Gasteiger partial charge in [0.1, 0.15) is 0 Å². The number of amides is 2. The van der Waals surface area contributed by atoms with Gasteiger partial charge in [-0.1, -0.05) is 18.2 Å². The summed E-state index contributed by atoms with van der Waals surface area (Å²) in [6, 6.07) is 9.46. The molecule has 0 radical (unpaired) electrons. The van der Waals surface area contributed by atoms with Crippen molar-refractivity contribution in [1.29, 1.82) is 0 Å². The van der Waals surface area contributed by atoms with E-state index in [1.54, 1.807) is 24.3 Å². The third-order valence-electron chi connectivity index (χ3n) is 3.89. The van der Waals surface area contributed by atoms with Gasteiger partial charge in [0.2, 0.25) is 11.7 Å². The number of amidine groups is 2. The van der Waals surface area contributed by atoms with Gasteiger partial charge in [-0.3, -0.25) is 20.4 Å². The molecule has 0 bridgehead atoms. The number of para-hydroxylation sites is 1. The van der Waals surface area contributed by atoms with Gasteiger partial charge >= 0.3 is 8.80 Å². The number of hydrogen-bond acceptors (Lipinski definition) is 9. The van der Waals surface area contributed by atoms with E-state index in [1.165, 1.54) is 21.3 Å². The summed E-state index contributed by atoms with van der Waals surface area (Å²) in [5.74, 6) is -1.05. The second-order valence-electron chi connectivity index (χ2n) is 5.62. The number of rotatable bonds is 10. The third kappa shape index (κ3) is 5.85. The van der Waals surface area contributed by atoms with E-state index in [2.05, 4.69) is 31.7 Å². The monoisotopic (exact) mass is 408 g/mol. The van der Waals surface area contributed by atoms with Gasteiger partial charge in [0.25, 0.3) is 11.8 Å². The van der Waals surface area contributed by atoms with Crippen LogP contribution < -0.4 is 21.5 Å². The van der Waals surface area contributed by atoms with Crippen LogP contribution >= 0.6 is 0 Å². The molecule has 1 aromatic rings. The van der Waals surface area contributed by atoms with Crippen LogP contribution in [-0.2, 0) is 22.9 Å². The maximum Gasteiger partial charge on any atom is 0.500 e. The van der Waals surface area contributed by atoms with Crippen LogP contribution in [0.1, 0.15) is 6.42 Å². The summed E-state index contributed by atoms with van der Waals surface area (Å²) in [7, 11) is 1.95. The molecular weight excluding hydrogens is 384 g/mol. The smallest absolute Gasteiger partial charge is 0.377 e. The highest BCUT2D eigenvalue weighted by molar-refractivity contribution is 6.60. The summed E-state index contributed by atoms with van der Waals surface area (Å²) < 4.78 is 15.9. The SMILES string of the molecule is CO[Si](CCCNC(=O)C1=NNC(C(=O)Nc2ccccc2)=NN1)(OC)OC. The molecule has 4 N–H and O–H groups in total. The van der Waals surface area contributed by atoms with Crippen molar-refractivity contribution in [2.24, 2.45) is 10.2 Å². The van der Waals surface area contributed by atoms with Crippen LogP contribution in [-0.4, -0.2) is 60.2 Å². The fourth-order valence-corrected chi connectivity index (χ4v) is 4.05. The maximum atomic E-state index is 12.1. The average Bonchev–Trinajstić information content (AvgIpc) is 2.75. The molecule has 12 heteroatoms. The first kappa shape index (κ1) is 21.5. The fraction of sp³-hybridized carbons (Fsp3) is 0.375. The highest BCUT2D eigenvalue weighted by Crippen LogP contribution is 2.14. The molecule has 28 heavy (non-hydrogen) atoms. The Morgan fingerprint density at radius 1 is 0.964 bits per heavy atom. The van der Waals surface area contributed by atoms with Crippen molar-refractivity contribution in [2.45, 2.75) is 12.5 Å². The summed E-state index contributed by atoms with van der Waals surface area (Å²) in [4.78, 5) is 24.2. The van der Waals surface area contributed by atoms with Crippen LogP contribution in [0.5, 0.6) is 0 Å². The Kier molecular flexibility index (Phi) is 8.07. The molecule has 1 aromatic carbocycles. The van der Waals surface area contributed by atoms with Crippen LogP contribution in [0.3, 0.4) is 0 Å². The molecule has 0 saturated carbocycles. The van der Waals surface area contributed by atoms with Crippen molar-refractivity contribution < 1.29 is 22.9 Å². The van der Waals surface area contributed by atoms with E-state index in [9.17, 15) is 9.59 Å². The highest BCUT2D eigenvalue weighted by Gasteiger charge is 2.36. The van der Waals surface area contributed by atoms with E-state index in [-0.39, 0.29) is 11.7 Å². The first-order valence-corrected chi connectivity index (χ1v) is 10.4. The molecule has 1 aliphatic rings. The molecule has 2 rings (SSSR count). The zero-order chi connectivity index (χ0) is 20.4. The average molecular weight is 408 g/mol. The molecule has 0 atom stereocenters. The summed E-state index contributed by atoms with van der Waals surface area (Å²) in [5.41, 5.74) is 5.54. The number of carbonyl (C=O) groups is 2. The highest BCUT2D eigenvalue weighted by atomic mass is 28.4. The molecule has 2 amide bonds. The van der Waals surface area contributed by atoms with Gasteiger partial charge in [0.15, 0.2) is 0 Å². The second-order valence-corrected chi connectivity index (χ2v) is 8.71. The maximum absolute atomic E-state index is 12.1. The Hall–Kier alpha value is -2.80. The predicted molar refractivity (Wildman–Crippen MR) is 105 cm³/mol. The third-order valence-corrected chi connectivity index (χ3v) is 6.72. The number of benzene rings is 1. The number of carbonyl (C=O) groups excluding carboxylic acids is 2. The number of nitrogens with one attached hydrogen (secondary N) is 4. The Labute approximate surface area is 163 Å². The zero-order valence-electron chi connectivity index (χ0n) is 15.9. The summed E-state index contributed by atoms with van der Waals surface area (Å²) in [5, 5.41) is 13.0. The molecule has 1 heterocycles. The minimum absolute atomic E-state index is 0.0509. The normalized spacial score (nSPS) is 13.5. The minimum atomic E-state index is -2.66. The van der Waals surface area contributed by atoms with E-state index in [0.717, 1.165) is 0 Å². The van der Waals surface area contributed by atoms with Gasteiger partial charge in [0.05, 0.1) is 0 Å². The van der Waals surface area contributed by atoms with Crippen LogP contribution in [0.25, 0.3) is 0 Å². The first-order chi connectivity index (χ1) is 13.5. The molecule has 1 aliphatic heterocycles. The lowest BCUT2D eigenvalue weighted by Gasteiger charge is -2.24. The Morgan fingerprint density at radius 3 is 2.07 bits per heavy atom. The summed E-state index contributed by atoms with van der Waals surface area (Å²) >= 11 is 0. The van der Waals surface area contributed by atoms with Gasteiger partial charge in [-0.15, -0.1) is 10.2 Å². The molecule has 0 fully saturated rings. The first-order valence-electron chi connectivity index (χ1n) is 8.51. The van der Waals surface area contributed by atoms with Crippen molar-refractivity contribution in [3.8, 4) is 0 Å². The lowest BCUT2D eigenvalue weighted by atomic mass is 10.3. The largest absolute Gasteiger partial charge is 0.500 e. The van der Waals surface area contributed by atoms with Crippen LogP contribution in [0, 0.1) is 0 Å². The lowest BCUT2D eigenvalue weighted by Crippen LogP contribution is -2.47.